The molecule has 2 aromatic carbocycles. The fraction of sp³-hybridized carbons (Fsp3) is 0.263. The highest BCUT2D eigenvalue weighted by atomic mass is 35.5. The molecule has 2 aromatic rings. The van der Waals surface area contributed by atoms with E-state index in [0.29, 0.717) is 5.56 Å². The Hall–Kier alpha value is -2.37. The van der Waals surface area contributed by atoms with Crippen molar-refractivity contribution in [3.8, 4) is 0 Å². The zero-order chi connectivity index (χ0) is 16.9. The molecule has 0 radical (unpaired) electrons. The van der Waals surface area contributed by atoms with Gasteiger partial charge in [-0.15, -0.1) is 12.4 Å². The summed E-state index contributed by atoms with van der Waals surface area (Å²) in [5, 5.41) is 3.22. The number of rotatable bonds is 6. The number of amides is 1. The summed E-state index contributed by atoms with van der Waals surface area (Å²) in [6, 6.07) is 16.3. The van der Waals surface area contributed by atoms with Gasteiger partial charge in [-0.25, -0.2) is 4.79 Å². The smallest absolute Gasteiger partial charge is 0.338 e. The number of benzene rings is 2. The zero-order valence-corrected chi connectivity index (χ0v) is 14.5. The number of carbonyl (C=O) groups is 2. The number of halogens is 1. The molecule has 6 heteroatoms. The van der Waals surface area contributed by atoms with Gasteiger partial charge in [0.05, 0.1) is 5.56 Å². The van der Waals surface area contributed by atoms with Crippen LogP contribution in [0.4, 0.5) is 0 Å². The number of ether oxygens (including phenoxy) is 1. The molecule has 1 unspecified atom stereocenters. The Morgan fingerprint density at radius 2 is 1.60 bits per heavy atom. The maximum Gasteiger partial charge on any atom is 0.338 e. The first-order chi connectivity index (χ1) is 11.6. The van der Waals surface area contributed by atoms with Gasteiger partial charge in [-0.2, -0.15) is 0 Å². The van der Waals surface area contributed by atoms with Crippen molar-refractivity contribution in [3.63, 3.8) is 0 Å². The monoisotopic (exact) mass is 360 g/mol. The van der Waals surface area contributed by atoms with Gasteiger partial charge in [0.25, 0.3) is 0 Å². The number of hydrogen-bond acceptors (Lipinski definition) is 4. The number of nitrogens with two attached hydrogens (primary N) is 1. The van der Waals surface area contributed by atoms with Gasteiger partial charge >= 0.3 is 5.97 Å². The second kappa shape index (κ2) is 8.65. The largest absolute Gasteiger partial charge is 0.460 e. The molecule has 0 saturated carbocycles. The van der Waals surface area contributed by atoms with Crippen LogP contribution < -0.4 is 11.1 Å². The van der Waals surface area contributed by atoms with Crippen LogP contribution >= 0.6 is 12.4 Å². The third kappa shape index (κ3) is 4.81. The summed E-state index contributed by atoms with van der Waals surface area (Å²) in [4.78, 5) is 23.7. The van der Waals surface area contributed by atoms with Crippen LogP contribution in [-0.2, 0) is 22.4 Å². The van der Waals surface area contributed by atoms with Gasteiger partial charge in [-0.05, 0) is 36.1 Å². The molecule has 0 saturated heterocycles. The van der Waals surface area contributed by atoms with Crippen LogP contribution in [0.3, 0.4) is 0 Å². The SMILES string of the molecule is Cl.NC(=O)C(COC(=O)c1ccccc1)NC1Cc2ccccc2C1. The molecular formula is C19H21ClN2O3. The first-order valence-corrected chi connectivity index (χ1v) is 7.98. The van der Waals surface area contributed by atoms with Crippen molar-refractivity contribution in [2.45, 2.75) is 24.9 Å². The van der Waals surface area contributed by atoms with Crippen LogP contribution in [0.15, 0.2) is 54.6 Å². The summed E-state index contributed by atoms with van der Waals surface area (Å²) < 4.78 is 5.24. The van der Waals surface area contributed by atoms with Crippen LogP contribution in [0.25, 0.3) is 0 Å². The summed E-state index contributed by atoms with van der Waals surface area (Å²) >= 11 is 0. The first-order valence-electron chi connectivity index (χ1n) is 7.98. The summed E-state index contributed by atoms with van der Waals surface area (Å²) in [6.45, 7) is -0.0735. The number of esters is 1. The normalized spacial score (nSPS) is 14.2. The van der Waals surface area contributed by atoms with Gasteiger partial charge in [0.2, 0.25) is 5.91 Å². The molecule has 0 fully saturated rings. The predicted molar refractivity (Wildman–Crippen MR) is 97.7 cm³/mol. The summed E-state index contributed by atoms with van der Waals surface area (Å²) in [7, 11) is 0. The lowest BCUT2D eigenvalue weighted by atomic mass is 10.1. The first kappa shape index (κ1) is 19.0. The minimum absolute atomic E-state index is 0. The van der Waals surface area contributed by atoms with E-state index in [1.54, 1.807) is 24.3 Å². The third-order valence-electron chi connectivity index (χ3n) is 4.22. The molecule has 3 N–H and O–H groups in total. The Kier molecular flexibility index (Phi) is 6.56. The molecule has 0 heterocycles. The Labute approximate surface area is 153 Å². The van der Waals surface area contributed by atoms with Gasteiger partial charge in [0.1, 0.15) is 12.6 Å². The van der Waals surface area contributed by atoms with Crippen molar-refractivity contribution in [2.24, 2.45) is 5.73 Å². The molecule has 0 bridgehead atoms. The second-order valence-electron chi connectivity index (χ2n) is 5.96. The van der Waals surface area contributed by atoms with Crippen LogP contribution in [0.2, 0.25) is 0 Å². The van der Waals surface area contributed by atoms with Crippen molar-refractivity contribution < 1.29 is 14.3 Å². The van der Waals surface area contributed by atoms with E-state index in [0.717, 1.165) is 12.8 Å². The van der Waals surface area contributed by atoms with Gasteiger partial charge in [0.15, 0.2) is 0 Å². The molecule has 1 amide bonds. The molecule has 0 aliphatic heterocycles. The van der Waals surface area contributed by atoms with Gasteiger partial charge in [0, 0.05) is 6.04 Å². The van der Waals surface area contributed by atoms with E-state index in [1.165, 1.54) is 11.1 Å². The van der Waals surface area contributed by atoms with Gasteiger partial charge in [-0.3, -0.25) is 10.1 Å². The van der Waals surface area contributed by atoms with Crippen molar-refractivity contribution in [1.82, 2.24) is 5.32 Å². The Morgan fingerprint density at radius 1 is 1.04 bits per heavy atom. The molecule has 25 heavy (non-hydrogen) atoms. The Morgan fingerprint density at radius 3 is 2.16 bits per heavy atom. The van der Waals surface area contributed by atoms with Crippen molar-refractivity contribution >= 4 is 24.3 Å². The van der Waals surface area contributed by atoms with Crippen LogP contribution in [-0.4, -0.2) is 30.6 Å². The molecule has 1 aliphatic carbocycles. The fourth-order valence-corrected chi connectivity index (χ4v) is 2.99. The molecule has 132 valence electrons. The predicted octanol–water partition coefficient (Wildman–Crippen LogP) is 1.88. The van der Waals surface area contributed by atoms with E-state index in [2.05, 4.69) is 17.4 Å². The molecule has 0 spiro atoms. The number of primary amides is 1. The highest BCUT2D eigenvalue weighted by molar-refractivity contribution is 5.89. The average Bonchev–Trinajstić information content (AvgIpc) is 3.01. The molecule has 1 atom stereocenters. The lowest BCUT2D eigenvalue weighted by molar-refractivity contribution is -0.121. The molecule has 1 aliphatic rings. The summed E-state index contributed by atoms with van der Waals surface area (Å²) in [6.07, 6.45) is 1.68. The van der Waals surface area contributed by atoms with Crippen LogP contribution in [0.1, 0.15) is 21.5 Å². The topological polar surface area (TPSA) is 81.4 Å². The van der Waals surface area contributed by atoms with Gasteiger partial charge < -0.3 is 10.5 Å². The Balaban J connectivity index is 0.00000225. The quantitative estimate of drug-likeness (QED) is 0.771. The maximum atomic E-state index is 12.0. The molecule has 3 rings (SSSR count). The standard InChI is InChI=1S/C19H20N2O3.ClH/c20-18(22)17(12-24-19(23)13-6-2-1-3-7-13)21-16-10-14-8-4-5-9-15(14)11-16;/h1-9,16-17,21H,10-12H2,(H2,20,22);1H. The highest BCUT2D eigenvalue weighted by Gasteiger charge is 2.26. The maximum absolute atomic E-state index is 12.0. The third-order valence-corrected chi connectivity index (χ3v) is 4.22. The second-order valence-corrected chi connectivity index (χ2v) is 5.96. The van der Waals surface area contributed by atoms with E-state index in [-0.39, 0.29) is 25.1 Å². The summed E-state index contributed by atoms with van der Waals surface area (Å²) in [5.74, 6) is -0.981. The molecule has 5 nitrogen and oxygen atoms in total. The number of nitrogens with one attached hydrogen (secondary N) is 1. The van der Waals surface area contributed by atoms with Crippen molar-refractivity contribution in [2.75, 3.05) is 6.61 Å². The van der Waals surface area contributed by atoms with E-state index in [1.807, 2.05) is 18.2 Å². The van der Waals surface area contributed by atoms with Crippen molar-refractivity contribution in [1.29, 1.82) is 0 Å². The lowest BCUT2D eigenvalue weighted by Gasteiger charge is -2.20. The van der Waals surface area contributed by atoms with Crippen LogP contribution in [0.5, 0.6) is 0 Å². The molecular weight excluding hydrogens is 340 g/mol. The van der Waals surface area contributed by atoms with Crippen molar-refractivity contribution in [3.05, 3.63) is 71.3 Å². The van der Waals surface area contributed by atoms with E-state index in [4.69, 9.17) is 10.5 Å². The lowest BCUT2D eigenvalue weighted by Crippen LogP contribution is -2.49. The van der Waals surface area contributed by atoms with Gasteiger partial charge in [-0.1, -0.05) is 42.5 Å². The number of hydrogen-bond donors (Lipinski definition) is 2. The summed E-state index contributed by atoms with van der Waals surface area (Å²) in [5.41, 5.74) is 8.46. The molecule has 0 aromatic heterocycles. The Bertz CT molecular complexity index is 711. The fourth-order valence-electron chi connectivity index (χ4n) is 2.99. The minimum Gasteiger partial charge on any atom is -0.460 e. The van der Waals surface area contributed by atoms with E-state index in [9.17, 15) is 9.59 Å². The number of fused-ring (bicyclic) bond motifs is 1. The average molecular weight is 361 g/mol. The van der Waals surface area contributed by atoms with Crippen LogP contribution in [0, 0.1) is 0 Å². The van der Waals surface area contributed by atoms with E-state index >= 15 is 0 Å². The number of carbonyl (C=O) groups excluding carboxylic acids is 2. The highest BCUT2D eigenvalue weighted by Crippen LogP contribution is 2.21. The minimum atomic E-state index is -0.697. The zero-order valence-electron chi connectivity index (χ0n) is 13.7. The van der Waals surface area contributed by atoms with E-state index < -0.39 is 17.9 Å².